The topological polar surface area (TPSA) is 80.5 Å². The van der Waals surface area contributed by atoms with Gasteiger partial charge in [-0.3, -0.25) is 9.78 Å². The van der Waals surface area contributed by atoms with Crippen molar-refractivity contribution in [2.24, 2.45) is 0 Å². The summed E-state index contributed by atoms with van der Waals surface area (Å²) in [6.45, 7) is 3.32. The van der Waals surface area contributed by atoms with Gasteiger partial charge in [-0.2, -0.15) is 0 Å². The van der Waals surface area contributed by atoms with Gasteiger partial charge >= 0.3 is 0 Å². The van der Waals surface area contributed by atoms with Crippen molar-refractivity contribution in [3.63, 3.8) is 0 Å². The van der Waals surface area contributed by atoms with Gasteiger partial charge in [-0.25, -0.2) is 4.39 Å². The summed E-state index contributed by atoms with van der Waals surface area (Å²) in [5.41, 5.74) is 3.37. The second-order valence-corrected chi connectivity index (χ2v) is 8.07. The van der Waals surface area contributed by atoms with Gasteiger partial charge in [0.2, 0.25) is 5.91 Å². The molecule has 7 nitrogen and oxygen atoms in total. The second-order valence-electron chi connectivity index (χ2n) is 8.07. The number of hydrogen-bond donors (Lipinski definition) is 1. The average molecular weight is 439 g/mol. The molecule has 1 amide bonds. The van der Waals surface area contributed by atoms with Crippen molar-refractivity contribution in [1.82, 2.24) is 15.0 Å². The SMILES string of the molecule is COc1cc(CCC(=O)N2CCC[C@H](c3cc(Nc4cccc(F)c4)cc(C)n3)C2)on1. The summed E-state index contributed by atoms with van der Waals surface area (Å²) < 4.78 is 23.7. The van der Waals surface area contributed by atoms with E-state index in [-0.39, 0.29) is 17.6 Å². The fraction of sp³-hybridized carbons (Fsp3) is 0.375. The molecule has 0 radical (unpaired) electrons. The lowest BCUT2D eigenvalue weighted by atomic mass is 9.93. The highest BCUT2D eigenvalue weighted by Crippen LogP contribution is 2.29. The molecule has 2 aromatic heterocycles. The van der Waals surface area contributed by atoms with Gasteiger partial charge < -0.3 is 19.5 Å². The Bertz CT molecular complexity index is 1080. The van der Waals surface area contributed by atoms with Crippen molar-refractivity contribution in [2.45, 2.75) is 38.5 Å². The van der Waals surface area contributed by atoms with Crippen LogP contribution < -0.4 is 10.1 Å². The monoisotopic (exact) mass is 438 g/mol. The molecule has 1 aromatic carbocycles. The zero-order valence-corrected chi connectivity index (χ0v) is 18.3. The number of halogens is 1. The van der Waals surface area contributed by atoms with E-state index in [4.69, 9.17) is 14.2 Å². The number of ether oxygens (including phenoxy) is 1. The third kappa shape index (κ3) is 5.43. The number of piperidine rings is 1. The average Bonchev–Trinajstić information content (AvgIpc) is 3.25. The molecule has 1 N–H and O–H groups in total. The highest BCUT2D eigenvalue weighted by molar-refractivity contribution is 5.76. The van der Waals surface area contributed by atoms with Crippen molar-refractivity contribution in [2.75, 3.05) is 25.5 Å². The lowest BCUT2D eigenvalue weighted by molar-refractivity contribution is -0.132. The highest BCUT2D eigenvalue weighted by atomic mass is 19.1. The van der Waals surface area contributed by atoms with Gasteiger partial charge in [-0.15, -0.1) is 0 Å². The Labute approximate surface area is 186 Å². The molecular formula is C24H27FN4O3. The van der Waals surface area contributed by atoms with Crippen molar-refractivity contribution < 1.29 is 18.4 Å². The number of pyridine rings is 1. The van der Waals surface area contributed by atoms with E-state index in [1.807, 2.05) is 30.0 Å². The van der Waals surface area contributed by atoms with Crippen LogP contribution in [0.3, 0.4) is 0 Å². The molecule has 0 spiro atoms. The first kappa shape index (κ1) is 21.8. The molecule has 0 bridgehead atoms. The van der Waals surface area contributed by atoms with E-state index in [0.29, 0.717) is 36.7 Å². The van der Waals surface area contributed by atoms with Gasteiger partial charge in [-0.1, -0.05) is 6.07 Å². The molecule has 3 aromatic rings. The van der Waals surface area contributed by atoms with Crippen LogP contribution in [0.1, 0.15) is 42.3 Å². The van der Waals surface area contributed by atoms with Crippen LogP contribution in [0.25, 0.3) is 0 Å². The van der Waals surface area contributed by atoms with Gasteiger partial charge in [0.05, 0.1) is 7.11 Å². The number of nitrogens with one attached hydrogen (secondary N) is 1. The van der Waals surface area contributed by atoms with E-state index in [0.717, 1.165) is 36.5 Å². The Balaban J connectivity index is 1.41. The van der Waals surface area contributed by atoms with Crippen LogP contribution in [-0.4, -0.2) is 41.1 Å². The molecule has 1 fully saturated rings. The molecule has 1 saturated heterocycles. The van der Waals surface area contributed by atoms with E-state index < -0.39 is 0 Å². The van der Waals surface area contributed by atoms with E-state index in [9.17, 15) is 9.18 Å². The van der Waals surface area contributed by atoms with Crippen LogP contribution in [0, 0.1) is 12.7 Å². The largest absolute Gasteiger partial charge is 0.479 e. The van der Waals surface area contributed by atoms with E-state index >= 15 is 0 Å². The first-order chi connectivity index (χ1) is 15.5. The van der Waals surface area contributed by atoms with Crippen LogP contribution in [0.2, 0.25) is 0 Å². The number of amides is 1. The molecule has 1 atom stereocenters. The number of rotatable bonds is 7. The predicted molar refractivity (Wildman–Crippen MR) is 119 cm³/mol. The standard InChI is InChI=1S/C24H27FN4O3/c1-16-11-20(27-19-7-3-6-18(25)12-19)13-22(26-16)17-5-4-10-29(15-17)24(30)9-8-21-14-23(31-2)28-32-21/h3,6-7,11-14,17H,4-5,8-10,15H2,1-2H3,(H,26,27)/t17-/m0/s1. The molecular weight excluding hydrogens is 411 g/mol. The minimum Gasteiger partial charge on any atom is -0.479 e. The van der Waals surface area contributed by atoms with Gasteiger partial charge in [0.15, 0.2) is 0 Å². The summed E-state index contributed by atoms with van der Waals surface area (Å²) in [6, 6.07) is 12.0. The molecule has 4 rings (SSSR count). The summed E-state index contributed by atoms with van der Waals surface area (Å²) >= 11 is 0. The first-order valence-corrected chi connectivity index (χ1v) is 10.8. The fourth-order valence-corrected chi connectivity index (χ4v) is 4.05. The summed E-state index contributed by atoms with van der Waals surface area (Å²) in [6.07, 6.45) is 2.74. The second kappa shape index (κ2) is 9.80. The fourth-order valence-electron chi connectivity index (χ4n) is 4.05. The third-order valence-electron chi connectivity index (χ3n) is 5.61. The minimum atomic E-state index is -0.286. The Kier molecular flexibility index (Phi) is 6.68. The van der Waals surface area contributed by atoms with Gasteiger partial charge in [0, 0.05) is 60.7 Å². The number of aromatic nitrogens is 2. The Morgan fingerprint density at radius 1 is 1.28 bits per heavy atom. The van der Waals surface area contributed by atoms with Crippen LogP contribution >= 0.6 is 0 Å². The van der Waals surface area contributed by atoms with Crippen LogP contribution in [-0.2, 0) is 11.2 Å². The lowest BCUT2D eigenvalue weighted by Crippen LogP contribution is -2.39. The number of carbonyl (C=O) groups excluding carboxylic acids is 1. The van der Waals surface area contributed by atoms with Crippen molar-refractivity contribution in [1.29, 1.82) is 0 Å². The Morgan fingerprint density at radius 2 is 2.16 bits per heavy atom. The first-order valence-electron chi connectivity index (χ1n) is 10.8. The quantitative estimate of drug-likeness (QED) is 0.580. The van der Waals surface area contributed by atoms with E-state index in [2.05, 4.69) is 10.5 Å². The molecule has 3 heterocycles. The predicted octanol–water partition coefficient (Wildman–Crippen LogP) is 4.61. The van der Waals surface area contributed by atoms with Crippen molar-refractivity contribution in [3.8, 4) is 5.88 Å². The smallest absolute Gasteiger partial charge is 0.254 e. The molecule has 1 aliphatic rings. The molecule has 8 heteroatoms. The normalized spacial score (nSPS) is 16.1. The zero-order chi connectivity index (χ0) is 22.5. The van der Waals surface area contributed by atoms with Crippen molar-refractivity contribution >= 4 is 17.3 Å². The number of hydrogen-bond acceptors (Lipinski definition) is 6. The van der Waals surface area contributed by atoms with Gasteiger partial charge in [0.25, 0.3) is 5.88 Å². The molecule has 0 unspecified atom stereocenters. The number of anilines is 2. The summed E-state index contributed by atoms with van der Waals surface area (Å²) in [4.78, 5) is 19.4. The van der Waals surface area contributed by atoms with Gasteiger partial charge in [-0.05, 0) is 55.3 Å². The number of nitrogens with zero attached hydrogens (tertiary/aromatic N) is 3. The maximum absolute atomic E-state index is 13.5. The molecule has 1 aliphatic heterocycles. The number of methoxy groups -OCH3 is 1. The molecule has 0 saturated carbocycles. The number of likely N-dealkylation sites (tertiary alicyclic amines) is 1. The van der Waals surface area contributed by atoms with Crippen LogP contribution in [0.4, 0.5) is 15.8 Å². The number of carbonyl (C=O) groups is 1. The maximum Gasteiger partial charge on any atom is 0.254 e. The zero-order valence-electron chi connectivity index (χ0n) is 18.3. The van der Waals surface area contributed by atoms with Crippen LogP contribution in [0.5, 0.6) is 5.88 Å². The van der Waals surface area contributed by atoms with E-state index in [1.54, 1.807) is 12.1 Å². The third-order valence-corrected chi connectivity index (χ3v) is 5.61. The highest BCUT2D eigenvalue weighted by Gasteiger charge is 2.26. The number of benzene rings is 1. The summed E-state index contributed by atoms with van der Waals surface area (Å²) in [7, 11) is 1.53. The molecule has 32 heavy (non-hydrogen) atoms. The summed E-state index contributed by atoms with van der Waals surface area (Å²) in [5.74, 6) is 1.02. The minimum absolute atomic E-state index is 0.0934. The summed E-state index contributed by atoms with van der Waals surface area (Å²) in [5, 5.41) is 7.03. The molecule has 168 valence electrons. The molecule has 0 aliphatic carbocycles. The lowest BCUT2D eigenvalue weighted by Gasteiger charge is -2.33. The van der Waals surface area contributed by atoms with Crippen molar-refractivity contribution in [3.05, 3.63) is 65.4 Å². The maximum atomic E-state index is 13.5. The van der Waals surface area contributed by atoms with Crippen LogP contribution in [0.15, 0.2) is 47.0 Å². The van der Waals surface area contributed by atoms with E-state index in [1.165, 1.54) is 19.2 Å². The Hall–Kier alpha value is -3.42. The Morgan fingerprint density at radius 3 is 2.94 bits per heavy atom. The van der Waals surface area contributed by atoms with Gasteiger partial charge in [0.1, 0.15) is 11.6 Å². The number of aryl methyl sites for hydroxylation is 2.